The van der Waals surface area contributed by atoms with E-state index in [9.17, 15) is 22.8 Å². The predicted octanol–water partition coefficient (Wildman–Crippen LogP) is 5.62. The summed E-state index contributed by atoms with van der Waals surface area (Å²) in [5.74, 6) is 0. The molecule has 7 nitrogen and oxygen atoms in total. The van der Waals surface area contributed by atoms with Crippen molar-refractivity contribution in [3.63, 3.8) is 0 Å². The molecule has 5 aromatic rings. The highest BCUT2D eigenvalue weighted by Crippen LogP contribution is 2.35. The van der Waals surface area contributed by atoms with E-state index < -0.39 is 12.4 Å². The number of aromatic nitrogens is 3. The van der Waals surface area contributed by atoms with E-state index in [2.05, 4.69) is 14.9 Å². The zero-order chi connectivity index (χ0) is 26.8. The Morgan fingerprint density at radius 2 is 1.76 bits per heavy atom. The van der Waals surface area contributed by atoms with Gasteiger partial charge in [0, 0.05) is 51.2 Å². The highest BCUT2D eigenvalue weighted by molar-refractivity contribution is 7.22. The number of H-pyrrole nitrogens is 1. The van der Waals surface area contributed by atoms with E-state index in [1.807, 2.05) is 36.4 Å². The lowest BCUT2D eigenvalue weighted by atomic mass is 10.1. The molecule has 1 aliphatic heterocycles. The first-order valence-corrected chi connectivity index (χ1v) is 12.7. The number of morpholine rings is 1. The Bertz CT molecular complexity index is 1730. The van der Waals surface area contributed by atoms with Gasteiger partial charge in [-0.25, -0.2) is 9.36 Å². The minimum Gasteiger partial charge on any atom is -0.378 e. The molecule has 1 saturated heterocycles. The predicted molar refractivity (Wildman–Crippen MR) is 144 cm³/mol. The first-order chi connectivity index (χ1) is 18.3. The summed E-state index contributed by atoms with van der Waals surface area (Å²) >= 11 is 7.67. The summed E-state index contributed by atoms with van der Waals surface area (Å²) in [5.41, 5.74) is 1.90. The Morgan fingerprint density at radius 3 is 2.50 bits per heavy atom. The van der Waals surface area contributed by atoms with Crippen LogP contribution in [0, 0.1) is 0 Å². The molecule has 196 valence electrons. The number of thiophene rings is 1. The van der Waals surface area contributed by atoms with Gasteiger partial charge in [-0.2, -0.15) is 13.2 Å². The zero-order valence-corrected chi connectivity index (χ0v) is 21.2. The Morgan fingerprint density at radius 1 is 1.03 bits per heavy atom. The molecule has 0 radical (unpaired) electrons. The number of nitrogens with zero attached hydrogens (tertiary/aromatic N) is 3. The number of rotatable bonds is 3. The van der Waals surface area contributed by atoms with Crippen LogP contribution in [0.3, 0.4) is 0 Å². The highest BCUT2D eigenvalue weighted by Gasteiger charge is 2.18. The third-order valence-corrected chi connectivity index (χ3v) is 7.54. The van der Waals surface area contributed by atoms with Gasteiger partial charge in [0.25, 0.3) is 5.56 Å². The normalized spacial score (nSPS) is 13.7. The van der Waals surface area contributed by atoms with Gasteiger partial charge in [0.05, 0.1) is 30.6 Å². The van der Waals surface area contributed by atoms with Crippen LogP contribution in [0.2, 0.25) is 5.02 Å². The van der Waals surface area contributed by atoms with Gasteiger partial charge in [-0.05, 0) is 24.3 Å². The van der Waals surface area contributed by atoms with Gasteiger partial charge < -0.3 is 14.6 Å². The summed E-state index contributed by atoms with van der Waals surface area (Å²) in [7, 11) is 0. The fraction of sp³-hybridized carbons (Fsp3) is 0.192. The molecule has 12 heteroatoms. The van der Waals surface area contributed by atoms with Crippen LogP contribution in [0.4, 0.5) is 18.9 Å². The first-order valence-electron chi connectivity index (χ1n) is 11.5. The van der Waals surface area contributed by atoms with Gasteiger partial charge >= 0.3 is 12.4 Å². The third-order valence-electron chi connectivity index (χ3n) is 6.05. The van der Waals surface area contributed by atoms with E-state index in [1.54, 1.807) is 24.5 Å². The van der Waals surface area contributed by atoms with Crippen molar-refractivity contribution < 1.29 is 17.9 Å². The number of halogens is 4. The minimum absolute atomic E-state index is 0.381. The molecular formula is C26H20ClF3N4O3S. The maximum absolute atomic E-state index is 13.6. The van der Waals surface area contributed by atoms with Crippen molar-refractivity contribution in [3.05, 3.63) is 86.8 Å². The molecule has 6 rings (SSSR count). The van der Waals surface area contributed by atoms with Gasteiger partial charge in [0.15, 0.2) is 0 Å². The summed E-state index contributed by atoms with van der Waals surface area (Å²) < 4.78 is 36.1. The maximum atomic E-state index is 13.6. The van der Waals surface area contributed by atoms with Crippen LogP contribution in [0.25, 0.3) is 37.1 Å². The molecule has 38 heavy (non-hydrogen) atoms. The Labute approximate surface area is 222 Å². The van der Waals surface area contributed by atoms with Gasteiger partial charge in [0.1, 0.15) is 4.70 Å². The molecule has 2 aromatic carbocycles. The van der Waals surface area contributed by atoms with E-state index in [0.717, 1.165) is 40.0 Å². The number of alkyl halides is 3. The van der Waals surface area contributed by atoms with E-state index >= 15 is 0 Å². The zero-order valence-electron chi connectivity index (χ0n) is 19.7. The van der Waals surface area contributed by atoms with Crippen LogP contribution in [0.15, 0.2) is 70.5 Å². The van der Waals surface area contributed by atoms with Crippen molar-refractivity contribution in [3.8, 4) is 16.1 Å². The highest BCUT2D eigenvalue weighted by atomic mass is 35.5. The molecule has 0 atom stereocenters. The number of benzene rings is 2. The topological polar surface area (TPSA) is 80.2 Å². The third kappa shape index (κ3) is 5.17. The molecule has 1 N–H and O–H groups in total. The van der Waals surface area contributed by atoms with Crippen LogP contribution in [0.1, 0.15) is 0 Å². The first kappa shape index (κ1) is 26.0. The second kappa shape index (κ2) is 11.0. The quantitative estimate of drug-likeness (QED) is 0.310. The summed E-state index contributed by atoms with van der Waals surface area (Å²) in [6.07, 6.45) is 3.30. The molecule has 1 fully saturated rings. The smallest absolute Gasteiger partial charge is 0.378 e. The molecule has 0 aliphatic carbocycles. The largest absolute Gasteiger partial charge is 0.379 e. The number of aromatic amines is 1. The maximum Gasteiger partial charge on any atom is 0.379 e. The lowest BCUT2D eigenvalue weighted by Gasteiger charge is -2.29. The average Bonchev–Trinajstić information content (AvgIpc) is 3.33. The molecule has 0 amide bonds. The molecule has 4 heterocycles. The van der Waals surface area contributed by atoms with Crippen LogP contribution in [0.5, 0.6) is 0 Å². The Hall–Kier alpha value is -3.67. The second-order valence-electron chi connectivity index (χ2n) is 8.31. The molecule has 0 unspecified atom stereocenters. The standard InChI is InChI=1S/C25H19ClN4O3S.CHF3/c26-19-4-2-1-3-17(19)22-12-20-23(34-22)24(31)30(25(32)28-20)21-14-27-13-15-5-6-16(11-18(15)21)29-7-9-33-10-8-29;2-1(3)4/h1-6,11-14H,7-10H2,(H,28,32);1H. The van der Waals surface area contributed by atoms with Crippen molar-refractivity contribution in [1.29, 1.82) is 0 Å². The lowest BCUT2D eigenvalue weighted by molar-refractivity contribution is 0.00819. The Balaban J connectivity index is 0.000000689. The number of hydrogen-bond donors (Lipinski definition) is 1. The fourth-order valence-electron chi connectivity index (χ4n) is 4.35. The summed E-state index contributed by atoms with van der Waals surface area (Å²) in [6, 6.07) is 15.2. The summed E-state index contributed by atoms with van der Waals surface area (Å²) in [5, 5.41) is 2.23. The van der Waals surface area contributed by atoms with Crippen LogP contribution < -0.4 is 16.1 Å². The lowest BCUT2D eigenvalue weighted by Crippen LogP contribution is -2.36. The van der Waals surface area contributed by atoms with Crippen LogP contribution in [-0.2, 0) is 4.74 Å². The summed E-state index contributed by atoms with van der Waals surface area (Å²) in [6.45, 7) is -0.747. The van der Waals surface area contributed by atoms with E-state index in [4.69, 9.17) is 16.3 Å². The number of nitrogens with one attached hydrogen (secondary N) is 1. The molecule has 0 spiro atoms. The number of pyridine rings is 1. The van der Waals surface area contributed by atoms with E-state index in [0.29, 0.717) is 34.1 Å². The molecular weight excluding hydrogens is 541 g/mol. The fourth-order valence-corrected chi connectivity index (χ4v) is 5.73. The monoisotopic (exact) mass is 560 g/mol. The molecule has 3 aromatic heterocycles. The van der Waals surface area contributed by atoms with Crippen molar-refractivity contribution in [1.82, 2.24) is 14.5 Å². The van der Waals surface area contributed by atoms with Crippen molar-refractivity contribution in [2.75, 3.05) is 31.2 Å². The van der Waals surface area contributed by atoms with Crippen molar-refractivity contribution in [2.45, 2.75) is 6.68 Å². The second-order valence-corrected chi connectivity index (χ2v) is 9.77. The van der Waals surface area contributed by atoms with Crippen molar-refractivity contribution >= 4 is 49.6 Å². The number of anilines is 1. The minimum atomic E-state index is -3.67. The number of hydrogen-bond acceptors (Lipinski definition) is 6. The molecule has 0 bridgehead atoms. The number of ether oxygens (including phenoxy) is 1. The average molecular weight is 561 g/mol. The van der Waals surface area contributed by atoms with Gasteiger partial charge in [0.2, 0.25) is 0 Å². The Kier molecular flexibility index (Phi) is 7.50. The van der Waals surface area contributed by atoms with Gasteiger partial charge in [-0.15, -0.1) is 11.3 Å². The van der Waals surface area contributed by atoms with E-state index in [1.165, 1.54) is 15.9 Å². The van der Waals surface area contributed by atoms with Gasteiger partial charge in [-0.3, -0.25) is 9.78 Å². The van der Waals surface area contributed by atoms with Crippen LogP contribution in [-0.4, -0.2) is 47.5 Å². The van der Waals surface area contributed by atoms with E-state index in [-0.39, 0.29) is 5.56 Å². The SMILES string of the molecule is FC(F)F.O=c1[nH]c2cc(-c3ccccc3Cl)sc2c(=O)n1-c1cncc2ccc(N3CCOCC3)cc12. The molecule has 0 saturated carbocycles. The summed E-state index contributed by atoms with van der Waals surface area (Å²) in [4.78, 5) is 36.9. The molecule has 1 aliphatic rings. The van der Waals surface area contributed by atoms with Crippen LogP contribution >= 0.6 is 22.9 Å². The van der Waals surface area contributed by atoms with Gasteiger partial charge in [-0.1, -0.05) is 35.9 Å². The number of fused-ring (bicyclic) bond motifs is 2. The van der Waals surface area contributed by atoms with Crippen molar-refractivity contribution in [2.24, 2.45) is 0 Å².